The number of anilines is 2. The predicted molar refractivity (Wildman–Crippen MR) is 88.9 cm³/mol. The number of nitrogen functional groups attached to an aromatic ring is 1. The molecule has 1 aromatic rings. The maximum atomic E-state index is 12.7. The average molecular weight is 310 g/mol. The van der Waals surface area contributed by atoms with Gasteiger partial charge in [-0.1, -0.05) is 25.2 Å². The summed E-state index contributed by atoms with van der Waals surface area (Å²) in [6.07, 6.45) is 1.19. The molecule has 2 N–H and O–H groups in total. The lowest BCUT2D eigenvalue weighted by atomic mass is 9.92. The van der Waals surface area contributed by atoms with Gasteiger partial charge < -0.3 is 15.5 Å². The molecular weight excluding hydrogens is 284 g/mol. The van der Waals surface area contributed by atoms with Crippen LogP contribution >= 0.6 is 11.3 Å². The number of piperidine rings is 1. The summed E-state index contributed by atoms with van der Waals surface area (Å²) in [4.78, 5) is 21.8. The van der Waals surface area contributed by atoms with Gasteiger partial charge in [-0.3, -0.25) is 4.79 Å². The minimum Gasteiger partial charge on any atom is -0.382 e. The SMILES string of the molecule is CCN(CC)c1nc(N)c(C(=O)N2CC(C)CC(C)C2)s1. The van der Waals surface area contributed by atoms with Crippen molar-refractivity contribution < 1.29 is 4.79 Å². The molecule has 1 saturated heterocycles. The van der Waals surface area contributed by atoms with E-state index < -0.39 is 0 Å². The predicted octanol–water partition coefficient (Wildman–Crippen LogP) is 2.69. The molecule has 0 saturated carbocycles. The highest BCUT2D eigenvalue weighted by atomic mass is 32.1. The maximum absolute atomic E-state index is 12.7. The van der Waals surface area contributed by atoms with Crippen LogP contribution in [0.5, 0.6) is 0 Å². The van der Waals surface area contributed by atoms with Crippen molar-refractivity contribution in [2.75, 3.05) is 36.8 Å². The van der Waals surface area contributed by atoms with E-state index in [1.807, 2.05) is 4.90 Å². The molecule has 2 heterocycles. The number of amides is 1. The van der Waals surface area contributed by atoms with E-state index in [0.717, 1.165) is 31.3 Å². The monoisotopic (exact) mass is 310 g/mol. The molecular formula is C15H26N4OS. The first-order valence-electron chi connectivity index (χ1n) is 7.76. The molecule has 1 amide bonds. The van der Waals surface area contributed by atoms with Gasteiger partial charge in [-0.15, -0.1) is 0 Å². The van der Waals surface area contributed by atoms with Crippen LogP contribution in [0.1, 0.15) is 43.8 Å². The molecule has 0 spiro atoms. The van der Waals surface area contributed by atoms with Gasteiger partial charge in [-0.05, 0) is 32.1 Å². The smallest absolute Gasteiger partial charge is 0.267 e. The fraction of sp³-hybridized carbons (Fsp3) is 0.733. The number of nitrogens with zero attached hydrogens (tertiary/aromatic N) is 3. The van der Waals surface area contributed by atoms with Crippen LogP contribution in [0.4, 0.5) is 10.9 Å². The molecule has 21 heavy (non-hydrogen) atoms. The Kier molecular flexibility index (Phi) is 5.08. The van der Waals surface area contributed by atoms with Gasteiger partial charge in [-0.25, -0.2) is 4.98 Å². The Morgan fingerprint density at radius 3 is 2.43 bits per heavy atom. The number of carbonyl (C=O) groups is 1. The van der Waals surface area contributed by atoms with Crippen LogP contribution in [-0.2, 0) is 0 Å². The first kappa shape index (κ1) is 16.1. The van der Waals surface area contributed by atoms with Crippen LogP contribution in [0.2, 0.25) is 0 Å². The van der Waals surface area contributed by atoms with Gasteiger partial charge in [-0.2, -0.15) is 0 Å². The van der Waals surface area contributed by atoms with E-state index >= 15 is 0 Å². The van der Waals surface area contributed by atoms with E-state index in [0.29, 0.717) is 22.5 Å². The lowest BCUT2D eigenvalue weighted by Gasteiger charge is -2.34. The van der Waals surface area contributed by atoms with Crippen LogP contribution in [-0.4, -0.2) is 42.0 Å². The fourth-order valence-corrected chi connectivity index (χ4v) is 4.16. The van der Waals surface area contributed by atoms with Gasteiger partial charge in [0.2, 0.25) is 0 Å². The third-order valence-electron chi connectivity index (χ3n) is 4.03. The Balaban J connectivity index is 2.19. The van der Waals surface area contributed by atoms with E-state index in [2.05, 4.69) is 37.6 Å². The van der Waals surface area contributed by atoms with E-state index in [1.165, 1.54) is 17.8 Å². The van der Waals surface area contributed by atoms with E-state index in [4.69, 9.17) is 5.73 Å². The normalized spacial score (nSPS) is 22.4. The molecule has 1 fully saturated rings. The second-order valence-corrected chi connectivity index (χ2v) is 7.02. The zero-order chi connectivity index (χ0) is 15.6. The van der Waals surface area contributed by atoms with E-state index in [9.17, 15) is 4.79 Å². The number of carbonyl (C=O) groups excluding carboxylic acids is 1. The first-order valence-corrected chi connectivity index (χ1v) is 8.58. The Bertz CT molecular complexity index is 488. The Morgan fingerprint density at radius 1 is 1.33 bits per heavy atom. The van der Waals surface area contributed by atoms with Crippen molar-refractivity contribution in [1.82, 2.24) is 9.88 Å². The molecule has 2 rings (SSSR count). The van der Waals surface area contributed by atoms with Crippen LogP contribution < -0.4 is 10.6 Å². The summed E-state index contributed by atoms with van der Waals surface area (Å²) in [5.74, 6) is 1.52. The molecule has 1 aromatic heterocycles. The Morgan fingerprint density at radius 2 is 1.90 bits per heavy atom. The summed E-state index contributed by atoms with van der Waals surface area (Å²) < 4.78 is 0. The van der Waals surface area contributed by atoms with Crippen molar-refractivity contribution in [2.24, 2.45) is 11.8 Å². The third kappa shape index (κ3) is 3.48. The number of hydrogen-bond acceptors (Lipinski definition) is 5. The van der Waals surface area contributed by atoms with Crippen LogP contribution in [0.15, 0.2) is 0 Å². The maximum Gasteiger partial charge on any atom is 0.267 e. The molecule has 0 aromatic carbocycles. The summed E-state index contributed by atoms with van der Waals surface area (Å²) in [7, 11) is 0. The summed E-state index contributed by atoms with van der Waals surface area (Å²) >= 11 is 1.42. The molecule has 0 aliphatic carbocycles. The van der Waals surface area contributed by atoms with Crippen molar-refractivity contribution in [3.8, 4) is 0 Å². The van der Waals surface area contributed by atoms with Crippen molar-refractivity contribution >= 4 is 28.2 Å². The second kappa shape index (κ2) is 6.64. The van der Waals surface area contributed by atoms with Gasteiger partial charge in [0.15, 0.2) is 5.13 Å². The lowest BCUT2D eigenvalue weighted by molar-refractivity contribution is 0.0629. The molecule has 0 bridgehead atoms. The molecule has 5 nitrogen and oxygen atoms in total. The van der Waals surface area contributed by atoms with Gasteiger partial charge in [0.25, 0.3) is 5.91 Å². The van der Waals surface area contributed by atoms with Gasteiger partial charge >= 0.3 is 0 Å². The molecule has 1 aliphatic heterocycles. The number of hydrogen-bond donors (Lipinski definition) is 1. The highest BCUT2D eigenvalue weighted by Gasteiger charge is 2.29. The van der Waals surface area contributed by atoms with Gasteiger partial charge in [0.05, 0.1) is 0 Å². The second-order valence-electron chi connectivity index (χ2n) is 6.04. The van der Waals surface area contributed by atoms with Gasteiger partial charge in [0.1, 0.15) is 10.7 Å². The summed E-state index contributed by atoms with van der Waals surface area (Å²) in [6.45, 7) is 11.9. The Labute approximate surface area is 131 Å². The molecule has 1 aliphatic rings. The summed E-state index contributed by atoms with van der Waals surface area (Å²) in [6, 6.07) is 0. The largest absolute Gasteiger partial charge is 0.382 e. The number of aromatic nitrogens is 1. The average Bonchev–Trinajstić information content (AvgIpc) is 2.80. The highest BCUT2D eigenvalue weighted by molar-refractivity contribution is 7.18. The summed E-state index contributed by atoms with van der Waals surface area (Å²) in [5, 5.41) is 0.846. The molecule has 2 unspecified atom stereocenters. The van der Waals surface area contributed by atoms with Crippen LogP contribution in [0.3, 0.4) is 0 Å². The van der Waals surface area contributed by atoms with E-state index in [1.54, 1.807) is 0 Å². The summed E-state index contributed by atoms with van der Waals surface area (Å²) in [5.41, 5.74) is 5.99. The van der Waals surface area contributed by atoms with Crippen LogP contribution in [0.25, 0.3) is 0 Å². The molecule has 0 radical (unpaired) electrons. The molecule has 6 heteroatoms. The number of nitrogens with two attached hydrogens (primary N) is 1. The van der Waals surface area contributed by atoms with E-state index in [-0.39, 0.29) is 5.91 Å². The first-order chi connectivity index (χ1) is 9.96. The van der Waals surface area contributed by atoms with Crippen molar-refractivity contribution in [3.05, 3.63) is 4.88 Å². The third-order valence-corrected chi connectivity index (χ3v) is 5.15. The molecule has 2 atom stereocenters. The van der Waals surface area contributed by atoms with Crippen molar-refractivity contribution in [1.29, 1.82) is 0 Å². The number of rotatable bonds is 4. The number of thiazole rings is 1. The van der Waals surface area contributed by atoms with Crippen LogP contribution in [0, 0.1) is 11.8 Å². The standard InChI is InChI=1S/C15H26N4OS/c1-5-18(6-2)15-17-13(16)12(21-15)14(20)19-8-10(3)7-11(4)9-19/h10-11H,5-9,16H2,1-4H3. The minimum atomic E-state index is 0.0433. The highest BCUT2D eigenvalue weighted by Crippen LogP contribution is 2.31. The minimum absolute atomic E-state index is 0.0433. The zero-order valence-corrected chi connectivity index (χ0v) is 14.2. The Hall–Kier alpha value is -1.30. The van der Waals surface area contributed by atoms with Gasteiger partial charge in [0, 0.05) is 26.2 Å². The fourth-order valence-electron chi connectivity index (χ4n) is 3.08. The zero-order valence-electron chi connectivity index (χ0n) is 13.4. The topological polar surface area (TPSA) is 62.5 Å². The molecule has 118 valence electrons. The number of likely N-dealkylation sites (tertiary alicyclic amines) is 1. The quantitative estimate of drug-likeness (QED) is 0.929. The van der Waals surface area contributed by atoms with Crippen molar-refractivity contribution in [2.45, 2.75) is 34.1 Å². The lowest BCUT2D eigenvalue weighted by Crippen LogP contribution is -2.42. The van der Waals surface area contributed by atoms with Crippen molar-refractivity contribution in [3.63, 3.8) is 0 Å².